The van der Waals surface area contributed by atoms with Gasteiger partial charge in [0, 0.05) is 59.5 Å². The molecule has 0 radical (unpaired) electrons. The first-order chi connectivity index (χ1) is 13.1. The van der Waals surface area contributed by atoms with Gasteiger partial charge in [0.15, 0.2) is 0 Å². The van der Waals surface area contributed by atoms with Crippen molar-refractivity contribution >= 4 is 16.7 Å². The monoisotopic (exact) mass is 384 g/mol. The lowest BCUT2D eigenvalue weighted by atomic mass is 9.97. The topological polar surface area (TPSA) is 58.1 Å². The van der Waals surface area contributed by atoms with Crippen LogP contribution in [0, 0.1) is 0 Å². The van der Waals surface area contributed by atoms with Gasteiger partial charge in [0.2, 0.25) is 5.95 Å². The first-order valence-corrected chi connectivity index (χ1v) is 11.4. The summed E-state index contributed by atoms with van der Waals surface area (Å²) < 4.78 is 11.7. The van der Waals surface area contributed by atoms with Crippen LogP contribution in [0.15, 0.2) is 24.3 Å². The van der Waals surface area contributed by atoms with Crippen LogP contribution in [0.5, 0.6) is 0 Å². The van der Waals surface area contributed by atoms with E-state index in [1.165, 1.54) is 22.4 Å². The van der Waals surface area contributed by atoms with Crippen LogP contribution in [-0.4, -0.2) is 51.9 Å². The summed E-state index contributed by atoms with van der Waals surface area (Å²) in [4.78, 5) is 12.1. The molecule has 0 unspecified atom stereocenters. The Morgan fingerprint density at radius 1 is 1.04 bits per heavy atom. The van der Waals surface area contributed by atoms with Gasteiger partial charge in [-0.15, -0.1) is 0 Å². The van der Waals surface area contributed by atoms with Gasteiger partial charge in [0.05, 0.1) is 11.4 Å². The molecule has 6 heteroatoms. The molecule has 1 aromatic heterocycles. The Morgan fingerprint density at radius 3 is 2.44 bits per heavy atom. The summed E-state index contributed by atoms with van der Waals surface area (Å²) >= 11 is 0. The van der Waals surface area contributed by atoms with Crippen molar-refractivity contribution < 1.29 is 4.21 Å². The van der Waals surface area contributed by atoms with Crippen molar-refractivity contribution in [2.45, 2.75) is 32.6 Å². The fraction of sp³-hybridized carbons (Fsp3) is 0.524. The largest absolute Gasteiger partial charge is 0.339 e. The Labute approximate surface area is 164 Å². The zero-order valence-corrected chi connectivity index (χ0v) is 17.0. The molecule has 1 fully saturated rings. The maximum Gasteiger partial charge on any atom is 0.226 e. The summed E-state index contributed by atoms with van der Waals surface area (Å²) in [6.45, 7) is 7.91. The van der Waals surface area contributed by atoms with Crippen molar-refractivity contribution in [1.29, 1.82) is 0 Å². The molecule has 0 saturated carbocycles. The van der Waals surface area contributed by atoms with Gasteiger partial charge in [0.1, 0.15) is 0 Å². The summed E-state index contributed by atoms with van der Waals surface area (Å²) in [5.74, 6) is 2.74. The molecule has 0 spiro atoms. The predicted octanol–water partition coefficient (Wildman–Crippen LogP) is 2.52. The number of hydrogen-bond acceptors (Lipinski definition) is 5. The highest BCUT2D eigenvalue weighted by molar-refractivity contribution is 7.85. The Morgan fingerprint density at radius 2 is 1.74 bits per heavy atom. The molecule has 27 heavy (non-hydrogen) atoms. The number of fused-ring (bicyclic) bond motifs is 1. The van der Waals surface area contributed by atoms with E-state index in [2.05, 4.69) is 48.3 Å². The van der Waals surface area contributed by atoms with Crippen molar-refractivity contribution in [3.63, 3.8) is 0 Å². The van der Waals surface area contributed by atoms with Crippen LogP contribution in [0.2, 0.25) is 0 Å². The molecule has 0 bridgehead atoms. The number of aromatic nitrogens is 2. The van der Waals surface area contributed by atoms with Crippen molar-refractivity contribution in [3.8, 4) is 11.3 Å². The molecule has 2 aromatic rings. The average molecular weight is 385 g/mol. The summed E-state index contributed by atoms with van der Waals surface area (Å²) in [5.41, 5.74) is 6.03. The Hall–Kier alpha value is -1.79. The standard InChI is InChI=1S/C21H28N4OS/c1-15(2)16-3-5-17(6-4-16)20-18-7-9-22-10-8-19(18)23-21(24-20)25-11-13-27(26)14-12-25/h3-6,15,22H,7-14H2,1-2H3. The number of benzene rings is 1. The molecule has 2 aliphatic heterocycles. The number of nitrogens with one attached hydrogen (secondary N) is 1. The molecular formula is C21H28N4OS. The average Bonchev–Trinajstić information content (AvgIpc) is 2.93. The van der Waals surface area contributed by atoms with Crippen LogP contribution >= 0.6 is 0 Å². The number of rotatable bonds is 3. The maximum absolute atomic E-state index is 11.7. The molecule has 3 heterocycles. The van der Waals surface area contributed by atoms with Gasteiger partial charge in [-0.05, 0) is 24.4 Å². The lowest BCUT2D eigenvalue weighted by Gasteiger charge is -2.27. The maximum atomic E-state index is 11.7. The minimum atomic E-state index is -0.695. The lowest BCUT2D eigenvalue weighted by molar-refractivity contribution is 0.670. The van der Waals surface area contributed by atoms with Crippen molar-refractivity contribution in [2.75, 3.05) is 42.6 Å². The molecule has 2 aliphatic rings. The van der Waals surface area contributed by atoms with E-state index in [-0.39, 0.29) is 0 Å². The third-order valence-electron chi connectivity index (χ3n) is 5.48. The van der Waals surface area contributed by atoms with Crippen LogP contribution in [0.1, 0.15) is 36.6 Å². The minimum absolute atomic E-state index is 0.524. The van der Waals surface area contributed by atoms with Crippen LogP contribution in [0.25, 0.3) is 11.3 Å². The third kappa shape index (κ3) is 4.06. The van der Waals surface area contributed by atoms with Gasteiger partial charge < -0.3 is 10.2 Å². The number of anilines is 1. The van der Waals surface area contributed by atoms with Gasteiger partial charge in [-0.2, -0.15) is 0 Å². The first kappa shape index (κ1) is 18.6. The number of hydrogen-bond donors (Lipinski definition) is 1. The Kier molecular flexibility index (Phi) is 5.55. The highest BCUT2D eigenvalue weighted by Gasteiger charge is 2.23. The fourth-order valence-corrected chi connectivity index (χ4v) is 4.83. The van der Waals surface area contributed by atoms with Crippen LogP contribution < -0.4 is 10.2 Å². The Bertz CT molecular complexity index is 825. The quantitative estimate of drug-likeness (QED) is 0.881. The van der Waals surface area contributed by atoms with E-state index in [9.17, 15) is 4.21 Å². The second kappa shape index (κ2) is 8.07. The summed E-state index contributed by atoms with van der Waals surface area (Å²) in [7, 11) is -0.695. The molecule has 0 amide bonds. The third-order valence-corrected chi connectivity index (χ3v) is 6.76. The van der Waals surface area contributed by atoms with Gasteiger partial charge >= 0.3 is 0 Å². The second-order valence-corrected chi connectivity index (χ2v) is 9.36. The molecule has 0 atom stereocenters. The highest BCUT2D eigenvalue weighted by Crippen LogP contribution is 2.29. The lowest BCUT2D eigenvalue weighted by Crippen LogP contribution is -2.39. The zero-order valence-electron chi connectivity index (χ0n) is 16.2. The zero-order chi connectivity index (χ0) is 18.8. The molecular weight excluding hydrogens is 356 g/mol. The molecule has 5 nitrogen and oxygen atoms in total. The SMILES string of the molecule is CC(C)c1ccc(-c2nc(N3CCS(=O)CC3)nc3c2CCNCC3)cc1. The molecule has 0 aliphatic carbocycles. The van der Waals surface area contributed by atoms with E-state index >= 15 is 0 Å². The molecule has 144 valence electrons. The summed E-state index contributed by atoms with van der Waals surface area (Å²) in [6, 6.07) is 8.83. The van der Waals surface area contributed by atoms with Crippen molar-refractivity contribution in [1.82, 2.24) is 15.3 Å². The first-order valence-electron chi connectivity index (χ1n) is 9.92. The van der Waals surface area contributed by atoms with Crippen LogP contribution in [-0.2, 0) is 23.6 Å². The highest BCUT2D eigenvalue weighted by atomic mass is 32.2. The molecule has 1 N–H and O–H groups in total. The predicted molar refractivity (Wildman–Crippen MR) is 112 cm³/mol. The summed E-state index contributed by atoms with van der Waals surface area (Å²) in [5, 5.41) is 3.48. The van der Waals surface area contributed by atoms with Gasteiger partial charge in [-0.1, -0.05) is 38.1 Å². The molecule has 1 saturated heterocycles. The normalized spacial score (nSPS) is 18.4. The van der Waals surface area contributed by atoms with Crippen LogP contribution in [0.3, 0.4) is 0 Å². The fourth-order valence-electron chi connectivity index (χ4n) is 3.78. The Balaban J connectivity index is 1.76. The van der Waals surface area contributed by atoms with E-state index in [0.29, 0.717) is 17.4 Å². The smallest absolute Gasteiger partial charge is 0.226 e. The van der Waals surface area contributed by atoms with Crippen molar-refractivity contribution in [3.05, 3.63) is 41.1 Å². The van der Waals surface area contributed by atoms with E-state index in [1.54, 1.807) is 0 Å². The van der Waals surface area contributed by atoms with E-state index < -0.39 is 10.8 Å². The van der Waals surface area contributed by atoms with Crippen LogP contribution in [0.4, 0.5) is 5.95 Å². The van der Waals surface area contributed by atoms with Gasteiger partial charge in [0.25, 0.3) is 0 Å². The molecule has 1 aromatic carbocycles. The van der Waals surface area contributed by atoms with E-state index in [1.807, 2.05) is 0 Å². The van der Waals surface area contributed by atoms with Gasteiger partial charge in [-0.3, -0.25) is 4.21 Å². The second-order valence-electron chi connectivity index (χ2n) is 7.66. The minimum Gasteiger partial charge on any atom is -0.339 e. The van der Waals surface area contributed by atoms with E-state index in [0.717, 1.165) is 50.7 Å². The molecule has 4 rings (SSSR count). The van der Waals surface area contributed by atoms with Crippen molar-refractivity contribution in [2.24, 2.45) is 0 Å². The number of nitrogens with zero attached hydrogens (tertiary/aromatic N) is 3. The van der Waals surface area contributed by atoms with Gasteiger partial charge in [-0.25, -0.2) is 9.97 Å². The summed E-state index contributed by atoms with van der Waals surface area (Å²) in [6.07, 6.45) is 1.89. The van der Waals surface area contributed by atoms with E-state index in [4.69, 9.17) is 9.97 Å².